The summed E-state index contributed by atoms with van der Waals surface area (Å²) in [5.41, 5.74) is 1.27. The predicted octanol–water partition coefficient (Wildman–Crippen LogP) is 5.04. The van der Waals surface area contributed by atoms with Crippen molar-refractivity contribution >= 4 is 17.3 Å². The van der Waals surface area contributed by atoms with Crippen LogP contribution in [0.4, 0.5) is 10.1 Å². The van der Waals surface area contributed by atoms with Crippen LogP contribution in [0.1, 0.15) is 27.2 Å². The van der Waals surface area contributed by atoms with Gasteiger partial charge in [0.1, 0.15) is 0 Å². The van der Waals surface area contributed by atoms with Gasteiger partial charge in [-0.25, -0.2) is 4.39 Å². The van der Waals surface area contributed by atoms with Crippen LogP contribution in [0.5, 0.6) is 0 Å². The molecule has 1 rings (SSSR count). The van der Waals surface area contributed by atoms with E-state index in [1.165, 1.54) is 6.07 Å². The molecule has 144 valence electrons. The number of hydrogen-bond acceptors (Lipinski definition) is 4. The van der Waals surface area contributed by atoms with Gasteiger partial charge in [0.2, 0.25) is 0 Å². The molecule has 0 aromatic heterocycles. The zero-order valence-electron chi connectivity index (χ0n) is 15.8. The number of anilines is 1. The van der Waals surface area contributed by atoms with Gasteiger partial charge in [-0.1, -0.05) is 41.1 Å². The van der Waals surface area contributed by atoms with Crippen LogP contribution in [-0.4, -0.2) is 36.9 Å². The molecular formula is C19H29ClFN5. The molecule has 5 nitrogen and oxygen atoms in total. The molecule has 0 radical (unpaired) electrons. The minimum absolute atomic E-state index is 0.00280. The van der Waals surface area contributed by atoms with Crippen molar-refractivity contribution in [1.29, 1.82) is 0 Å². The Morgan fingerprint density at radius 3 is 2.81 bits per heavy atom. The van der Waals surface area contributed by atoms with E-state index in [1.54, 1.807) is 18.2 Å². The summed E-state index contributed by atoms with van der Waals surface area (Å²) < 4.78 is 14.2. The Morgan fingerprint density at radius 2 is 2.19 bits per heavy atom. The van der Waals surface area contributed by atoms with Crippen LogP contribution in [0.25, 0.3) is 0 Å². The average molecular weight is 382 g/mol. The third-order valence-electron chi connectivity index (χ3n) is 3.85. The Labute approximate surface area is 161 Å². The van der Waals surface area contributed by atoms with Crippen molar-refractivity contribution in [3.05, 3.63) is 53.8 Å². The largest absolute Gasteiger partial charge is 0.376 e. The standard InChI is InChI=1S/C19H29ClFN5/c1-6-12-22-15(5)26(25-23-7-2)13-11-17(14(3)4)24-18-10-8-9-16(20)19(18)21/h6,8-10,15,17,22,24H,1,3,7,11-13H2,2,4-5H3/b25-23-. The van der Waals surface area contributed by atoms with Gasteiger partial charge in [0, 0.05) is 19.1 Å². The van der Waals surface area contributed by atoms with E-state index in [2.05, 4.69) is 34.1 Å². The Morgan fingerprint density at radius 1 is 1.46 bits per heavy atom. The van der Waals surface area contributed by atoms with Gasteiger partial charge in [-0.2, -0.15) is 5.11 Å². The van der Waals surface area contributed by atoms with Crippen LogP contribution in [0.2, 0.25) is 5.02 Å². The lowest BCUT2D eigenvalue weighted by atomic mass is 10.1. The first-order chi connectivity index (χ1) is 12.4. The number of halogens is 2. The van der Waals surface area contributed by atoms with Gasteiger partial charge in [0.05, 0.1) is 23.4 Å². The molecule has 26 heavy (non-hydrogen) atoms. The van der Waals surface area contributed by atoms with E-state index >= 15 is 0 Å². The maximum absolute atomic E-state index is 14.2. The normalized spacial score (nSPS) is 13.4. The third kappa shape index (κ3) is 7.14. The van der Waals surface area contributed by atoms with Gasteiger partial charge in [0.15, 0.2) is 5.82 Å². The zero-order chi connectivity index (χ0) is 19.5. The fourth-order valence-corrected chi connectivity index (χ4v) is 2.50. The monoisotopic (exact) mass is 381 g/mol. The highest BCUT2D eigenvalue weighted by molar-refractivity contribution is 6.31. The lowest BCUT2D eigenvalue weighted by Gasteiger charge is -2.28. The molecule has 0 fully saturated rings. The molecule has 1 aromatic carbocycles. The van der Waals surface area contributed by atoms with E-state index in [9.17, 15) is 4.39 Å². The maximum Gasteiger partial charge on any atom is 0.164 e. The van der Waals surface area contributed by atoms with Gasteiger partial charge in [-0.05, 0) is 39.3 Å². The van der Waals surface area contributed by atoms with Crippen LogP contribution >= 0.6 is 11.6 Å². The summed E-state index contributed by atoms with van der Waals surface area (Å²) in [6, 6.07) is 4.79. The quantitative estimate of drug-likeness (QED) is 0.231. The number of nitrogens with one attached hydrogen (secondary N) is 2. The fourth-order valence-electron chi connectivity index (χ4n) is 2.33. The van der Waals surface area contributed by atoms with Crippen molar-refractivity contribution in [1.82, 2.24) is 10.3 Å². The number of rotatable bonds is 12. The Bertz CT molecular complexity index is 620. The topological polar surface area (TPSA) is 52.0 Å². The zero-order valence-corrected chi connectivity index (χ0v) is 16.6. The van der Waals surface area contributed by atoms with Crippen molar-refractivity contribution in [2.45, 2.75) is 39.4 Å². The lowest BCUT2D eigenvalue weighted by Crippen LogP contribution is -2.42. The molecule has 0 bridgehead atoms. The number of nitrogens with zero attached hydrogens (tertiary/aromatic N) is 3. The molecule has 0 aliphatic carbocycles. The number of benzene rings is 1. The first kappa shape index (κ1) is 22.1. The van der Waals surface area contributed by atoms with Crippen LogP contribution in [0, 0.1) is 5.82 Å². The molecule has 7 heteroatoms. The Hall–Kier alpha value is -1.92. The SMILES string of the molecule is C=CCNC(C)N(CCC(Nc1cccc(Cl)c1F)C(=C)C)/N=N\CC. The molecule has 2 atom stereocenters. The molecule has 2 unspecified atom stereocenters. The first-order valence-corrected chi connectivity index (χ1v) is 9.12. The van der Waals surface area contributed by atoms with Crippen LogP contribution in [0.3, 0.4) is 0 Å². The summed E-state index contributed by atoms with van der Waals surface area (Å²) >= 11 is 5.86. The van der Waals surface area contributed by atoms with Crippen molar-refractivity contribution in [2.75, 3.05) is 25.0 Å². The molecule has 0 amide bonds. The minimum atomic E-state index is -0.455. The summed E-state index contributed by atoms with van der Waals surface area (Å²) in [7, 11) is 0. The van der Waals surface area contributed by atoms with E-state index in [4.69, 9.17) is 11.6 Å². The molecule has 0 aliphatic rings. The van der Waals surface area contributed by atoms with Gasteiger partial charge < -0.3 is 5.32 Å². The Kier molecular flexibility index (Phi) is 9.91. The Balaban J connectivity index is 2.80. The summed E-state index contributed by atoms with van der Waals surface area (Å²) in [6.07, 6.45) is 2.48. The van der Waals surface area contributed by atoms with Crippen LogP contribution in [-0.2, 0) is 0 Å². The third-order valence-corrected chi connectivity index (χ3v) is 4.14. The predicted molar refractivity (Wildman–Crippen MR) is 108 cm³/mol. The highest BCUT2D eigenvalue weighted by atomic mass is 35.5. The van der Waals surface area contributed by atoms with Crippen molar-refractivity contribution in [3.8, 4) is 0 Å². The second kappa shape index (κ2) is 11.6. The average Bonchev–Trinajstić information content (AvgIpc) is 2.61. The summed E-state index contributed by atoms with van der Waals surface area (Å²) in [6.45, 7) is 15.5. The maximum atomic E-state index is 14.2. The van der Waals surface area contributed by atoms with Gasteiger partial charge in [-0.3, -0.25) is 10.3 Å². The van der Waals surface area contributed by atoms with Crippen molar-refractivity contribution in [3.63, 3.8) is 0 Å². The lowest BCUT2D eigenvalue weighted by molar-refractivity contribution is 0.171. The molecule has 0 spiro atoms. The van der Waals surface area contributed by atoms with Crippen molar-refractivity contribution in [2.24, 2.45) is 10.3 Å². The molecule has 0 saturated heterocycles. The van der Waals surface area contributed by atoms with Gasteiger partial charge in [-0.15, -0.1) is 6.58 Å². The molecular weight excluding hydrogens is 353 g/mol. The minimum Gasteiger partial charge on any atom is -0.376 e. The second-order valence-electron chi connectivity index (χ2n) is 6.02. The van der Waals surface area contributed by atoms with E-state index in [-0.39, 0.29) is 17.2 Å². The molecule has 0 heterocycles. The number of hydrogen-bond donors (Lipinski definition) is 2. The fraction of sp³-hybridized carbons (Fsp3) is 0.474. The molecule has 0 aliphatic heterocycles. The highest BCUT2D eigenvalue weighted by Gasteiger charge is 2.17. The summed E-state index contributed by atoms with van der Waals surface area (Å²) in [5.74, 6) is -0.455. The van der Waals surface area contributed by atoms with Crippen molar-refractivity contribution < 1.29 is 4.39 Å². The summed E-state index contributed by atoms with van der Waals surface area (Å²) in [4.78, 5) is 0. The summed E-state index contributed by atoms with van der Waals surface area (Å²) in [5, 5.41) is 16.8. The molecule has 0 saturated carbocycles. The molecule has 1 aromatic rings. The molecule has 2 N–H and O–H groups in total. The van der Waals surface area contributed by atoms with E-state index < -0.39 is 5.82 Å². The van der Waals surface area contributed by atoms with E-state index in [0.29, 0.717) is 31.7 Å². The smallest absolute Gasteiger partial charge is 0.164 e. The van der Waals surface area contributed by atoms with Crippen LogP contribution < -0.4 is 10.6 Å². The first-order valence-electron chi connectivity index (χ1n) is 8.74. The van der Waals surface area contributed by atoms with E-state index in [0.717, 1.165) is 5.57 Å². The van der Waals surface area contributed by atoms with E-state index in [1.807, 2.05) is 25.8 Å². The van der Waals surface area contributed by atoms with Gasteiger partial charge in [0.25, 0.3) is 0 Å². The highest BCUT2D eigenvalue weighted by Crippen LogP contribution is 2.24. The second-order valence-corrected chi connectivity index (χ2v) is 6.42. The van der Waals surface area contributed by atoms with Crippen LogP contribution in [0.15, 0.2) is 53.3 Å². The van der Waals surface area contributed by atoms with Gasteiger partial charge >= 0.3 is 0 Å².